The maximum absolute atomic E-state index is 12.4. The molecule has 29 heavy (non-hydrogen) atoms. The molecule has 0 aliphatic heterocycles. The average Bonchev–Trinajstić information content (AvgIpc) is 2.95. The lowest BCUT2D eigenvalue weighted by molar-refractivity contribution is -0.123. The number of ether oxygens (including phenoxy) is 1. The summed E-state index contributed by atoms with van der Waals surface area (Å²) in [7, 11) is 0. The van der Waals surface area contributed by atoms with E-state index >= 15 is 0 Å². The molecule has 0 saturated carbocycles. The van der Waals surface area contributed by atoms with E-state index in [1.54, 1.807) is 6.92 Å². The maximum atomic E-state index is 12.4. The number of aromatic nitrogens is 2. The van der Waals surface area contributed by atoms with Crippen LogP contribution < -0.4 is 10.6 Å². The number of unbranched alkanes of at least 4 members (excludes halogenated alkanes) is 1. The fraction of sp³-hybridized carbons (Fsp3) is 0.400. The summed E-state index contributed by atoms with van der Waals surface area (Å²) in [5.74, 6) is -1.50. The van der Waals surface area contributed by atoms with E-state index in [1.165, 1.54) is 4.68 Å². The van der Waals surface area contributed by atoms with Crippen molar-refractivity contribution in [2.24, 2.45) is 0 Å². The van der Waals surface area contributed by atoms with Crippen molar-refractivity contribution >= 4 is 29.5 Å². The van der Waals surface area contributed by atoms with Gasteiger partial charge in [0.1, 0.15) is 10.7 Å². The first-order valence-electron chi connectivity index (χ1n) is 9.35. The van der Waals surface area contributed by atoms with Gasteiger partial charge in [0.25, 0.3) is 5.91 Å². The van der Waals surface area contributed by atoms with Gasteiger partial charge in [0.2, 0.25) is 0 Å². The molecule has 0 aliphatic rings. The van der Waals surface area contributed by atoms with E-state index in [4.69, 9.17) is 16.3 Å². The predicted molar refractivity (Wildman–Crippen MR) is 109 cm³/mol. The normalized spacial score (nSPS) is 10.5. The molecular formula is C20H25ClN4O4. The van der Waals surface area contributed by atoms with Crippen LogP contribution in [0.5, 0.6) is 0 Å². The van der Waals surface area contributed by atoms with Gasteiger partial charge in [-0.25, -0.2) is 14.3 Å². The molecule has 1 aromatic carbocycles. The van der Waals surface area contributed by atoms with E-state index in [2.05, 4.69) is 15.7 Å². The first kappa shape index (κ1) is 22.4. The third-order valence-corrected chi connectivity index (χ3v) is 4.51. The molecule has 2 N–H and O–H groups in total. The number of aryl methyl sites for hydroxylation is 2. The largest absolute Gasteiger partial charge is 0.452 e. The standard InChI is InChI=1S/C20H25ClN4O4/c1-4-5-10-22-20(28)23-16(26)12-29-19(27)17-14(3)24-25(18(17)21)11-15-8-6-13(2)7-9-15/h6-9H,4-5,10-12H2,1-3H3,(H2,22,23,26,28). The van der Waals surface area contributed by atoms with Crippen LogP contribution in [0.4, 0.5) is 4.79 Å². The van der Waals surface area contributed by atoms with Crippen molar-refractivity contribution in [3.05, 3.63) is 51.8 Å². The second kappa shape index (κ2) is 10.6. The number of carbonyl (C=O) groups is 3. The summed E-state index contributed by atoms with van der Waals surface area (Å²) in [6.07, 6.45) is 1.73. The summed E-state index contributed by atoms with van der Waals surface area (Å²) in [6.45, 7) is 5.87. The Bertz CT molecular complexity index is 877. The Balaban J connectivity index is 1.93. The van der Waals surface area contributed by atoms with Crippen LogP contribution >= 0.6 is 11.6 Å². The van der Waals surface area contributed by atoms with Gasteiger partial charge in [0.05, 0.1) is 12.2 Å². The Morgan fingerprint density at radius 2 is 1.86 bits per heavy atom. The molecule has 0 radical (unpaired) electrons. The van der Waals surface area contributed by atoms with Crippen LogP contribution in [0.2, 0.25) is 5.15 Å². The molecular weight excluding hydrogens is 396 g/mol. The molecule has 3 amide bonds. The zero-order chi connectivity index (χ0) is 21.4. The first-order valence-corrected chi connectivity index (χ1v) is 9.72. The van der Waals surface area contributed by atoms with Crippen LogP contribution in [-0.2, 0) is 16.1 Å². The number of imide groups is 1. The molecule has 0 atom stereocenters. The molecule has 2 rings (SSSR count). The molecule has 0 bridgehead atoms. The van der Waals surface area contributed by atoms with Crippen molar-refractivity contribution in [2.75, 3.05) is 13.2 Å². The van der Waals surface area contributed by atoms with Crippen LogP contribution in [0.15, 0.2) is 24.3 Å². The van der Waals surface area contributed by atoms with E-state index < -0.39 is 24.5 Å². The van der Waals surface area contributed by atoms with Crippen molar-refractivity contribution in [3.63, 3.8) is 0 Å². The summed E-state index contributed by atoms with van der Waals surface area (Å²) >= 11 is 6.31. The van der Waals surface area contributed by atoms with Crippen LogP contribution in [0.1, 0.15) is 46.9 Å². The lowest BCUT2D eigenvalue weighted by Gasteiger charge is -2.07. The number of nitrogens with one attached hydrogen (secondary N) is 2. The van der Waals surface area contributed by atoms with E-state index in [0.717, 1.165) is 24.0 Å². The zero-order valence-corrected chi connectivity index (χ0v) is 17.5. The fourth-order valence-electron chi connectivity index (χ4n) is 2.55. The molecule has 0 spiro atoms. The van der Waals surface area contributed by atoms with Crippen molar-refractivity contribution < 1.29 is 19.1 Å². The lowest BCUT2D eigenvalue weighted by atomic mass is 10.1. The van der Waals surface area contributed by atoms with E-state index in [1.807, 2.05) is 38.1 Å². The summed E-state index contributed by atoms with van der Waals surface area (Å²) in [6, 6.07) is 7.24. The van der Waals surface area contributed by atoms with Gasteiger partial charge in [-0.05, 0) is 25.8 Å². The molecule has 1 heterocycles. The third kappa shape index (κ3) is 6.60. The number of urea groups is 1. The minimum atomic E-state index is -0.774. The van der Waals surface area contributed by atoms with Gasteiger partial charge in [0, 0.05) is 6.54 Å². The number of hydrogen-bond acceptors (Lipinski definition) is 5. The topological polar surface area (TPSA) is 102 Å². The minimum Gasteiger partial charge on any atom is -0.452 e. The van der Waals surface area contributed by atoms with Crippen LogP contribution in [-0.4, -0.2) is 40.8 Å². The molecule has 9 heteroatoms. The highest BCUT2D eigenvalue weighted by molar-refractivity contribution is 6.32. The number of halogens is 1. The lowest BCUT2D eigenvalue weighted by Crippen LogP contribution is -2.41. The Labute approximate surface area is 174 Å². The van der Waals surface area contributed by atoms with Crippen molar-refractivity contribution in [1.82, 2.24) is 20.4 Å². The van der Waals surface area contributed by atoms with Crippen molar-refractivity contribution in [3.8, 4) is 0 Å². The Morgan fingerprint density at radius 1 is 1.17 bits per heavy atom. The quantitative estimate of drug-likeness (QED) is 0.505. The molecule has 1 aromatic heterocycles. The first-order chi connectivity index (χ1) is 13.8. The molecule has 0 unspecified atom stereocenters. The van der Waals surface area contributed by atoms with Gasteiger partial charge in [-0.3, -0.25) is 10.1 Å². The van der Waals surface area contributed by atoms with E-state index in [9.17, 15) is 14.4 Å². The van der Waals surface area contributed by atoms with Gasteiger partial charge >= 0.3 is 12.0 Å². The SMILES string of the molecule is CCCCNC(=O)NC(=O)COC(=O)c1c(C)nn(Cc2ccc(C)cc2)c1Cl. The van der Waals surface area contributed by atoms with Crippen LogP contribution in [0, 0.1) is 13.8 Å². The molecule has 0 saturated heterocycles. The number of rotatable bonds is 8. The number of esters is 1. The number of benzene rings is 1. The average molecular weight is 421 g/mol. The van der Waals surface area contributed by atoms with Gasteiger partial charge < -0.3 is 10.1 Å². The number of amides is 3. The summed E-state index contributed by atoms with van der Waals surface area (Å²) < 4.78 is 6.49. The van der Waals surface area contributed by atoms with Gasteiger partial charge in [-0.15, -0.1) is 0 Å². The molecule has 156 valence electrons. The van der Waals surface area contributed by atoms with Gasteiger partial charge in [-0.2, -0.15) is 5.10 Å². The molecule has 2 aromatic rings. The highest BCUT2D eigenvalue weighted by Gasteiger charge is 2.23. The zero-order valence-electron chi connectivity index (χ0n) is 16.8. The monoisotopic (exact) mass is 420 g/mol. The number of hydrogen-bond donors (Lipinski definition) is 2. The second-order valence-corrected chi connectivity index (χ2v) is 6.99. The van der Waals surface area contributed by atoms with Crippen LogP contribution in [0.25, 0.3) is 0 Å². The van der Waals surface area contributed by atoms with E-state index in [-0.39, 0.29) is 10.7 Å². The van der Waals surface area contributed by atoms with Crippen LogP contribution in [0.3, 0.4) is 0 Å². The second-order valence-electron chi connectivity index (χ2n) is 6.63. The number of carbonyl (C=O) groups excluding carboxylic acids is 3. The summed E-state index contributed by atoms with van der Waals surface area (Å²) in [5, 5.41) is 9.05. The molecule has 8 nitrogen and oxygen atoms in total. The highest BCUT2D eigenvalue weighted by atomic mass is 35.5. The van der Waals surface area contributed by atoms with Crippen molar-refractivity contribution in [1.29, 1.82) is 0 Å². The van der Waals surface area contributed by atoms with Gasteiger partial charge in [0.15, 0.2) is 6.61 Å². The Morgan fingerprint density at radius 3 is 2.52 bits per heavy atom. The smallest absolute Gasteiger partial charge is 0.343 e. The Kier molecular flexibility index (Phi) is 8.21. The molecule has 0 aliphatic carbocycles. The maximum Gasteiger partial charge on any atom is 0.343 e. The van der Waals surface area contributed by atoms with E-state index in [0.29, 0.717) is 18.8 Å². The van der Waals surface area contributed by atoms with Gasteiger partial charge in [-0.1, -0.05) is 54.8 Å². The minimum absolute atomic E-state index is 0.0963. The Hall–Kier alpha value is -2.87. The highest BCUT2D eigenvalue weighted by Crippen LogP contribution is 2.22. The summed E-state index contributed by atoms with van der Waals surface area (Å²) in [5.41, 5.74) is 2.61. The van der Waals surface area contributed by atoms with Crippen molar-refractivity contribution in [2.45, 2.75) is 40.2 Å². The third-order valence-electron chi connectivity index (χ3n) is 4.13. The number of nitrogens with zero attached hydrogens (tertiary/aromatic N) is 2. The fourth-order valence-corrected chi connectivity index (χ4v) is 2.86. The molecule has 0 fully saturated rings. The summed E-state index contributed by atoms with van der Waals surface area (Å²) in [4.78, 5) is 35.7. The predicted octanol–water partition coefficient (Wildman–Crippen LogP) is 2.98.